The van der Waals surface area contributed by atoms with Crippen LogP contribution in [-0.2, 0) is 0 Å². The molecule has 0 spiro atoms. The molecule has 1 saturated heterocycles. The van der Waals surface area contributed by atoms with Gasteiger partial charge in [-0.3, -0.25) is 0 Å². The number of likely N-dealkylation sites (tertiary alicyclic amines) is 1. The molecule has 1 aromatic carbocycles. The first kappa shape index (κ1) is 12.4. The van der Waals surface area contributed by atoms with Crippen molar-refractivity contribution in [2.24, 2.45) is 0 Å². The molecule has 1 aliphatic rings. The normalized spacial score (nSPS) is 28.3. The number of hydrogen-bond acceptors (Lipinski definition) is 1. The van der Waals surface area contributed by atoms with Crippen molar-refractivity contribution in [3.63, 3.8) is 0 Å². The zero-order valence-corrected chi connectivity index (χ0v) is 10.7. The fraction of sp³-hybridized carbons (Fsp3) is 0.429. The van der Waals surface area contributed by atoms with Crippen molar-refractivity contribution in [3.8, 4) is 11.8 Å². The lowest BCUT2D eigenvalue weighted by molar-refractivity contribution is -0.886. The standard InChI is InChI=1S/C14H16ClNO/c1-16-10-8-14(17,9-11-16)7-6-12-2-4-13(15)5-3-12/h2-5,17H,8-11H2,1H3/p+1. The second-order valence-corrected chi connectivity index (χ2v) is 5.18. The van der Waals surface area contributed by atoms with Crippen molar-refractivity contribution in [2.75, 3.05) is 20.1 Å². The van der Waals surface area contributed by atoms with Crippen LogP contribution in [0.1, 0.15) is 18.4 Å². The van der Waals surface area contributed by atoms with Crippen LogP contribution in [0.2, 0.25) is 5.02 Å². The molecule has 1 fully saturated rings. The summed E-state index contributed by atoms with van der Waals surface area (Å²) in [5, 5.41) is 11.0. The lowest BCUT2D eigenvalue weighted by atomic mass is 9.92. The van der Waals surface area contributed by atoms with Crippen LogP contribution in [0.4, 0.5) is 0 Å². The Morgan fingerprint density at radius 2 is 1.82 bits per heavy atom. The molecule has 2 rings (SSSR count). The highest BCUT2D eigenvalue weighted by Crippen LogP contribution is 2.15. The number of benzene rings is 1. The van der Waals surface area contributed by atoms with Crippen LogP contribution in [-0.4, -0.2) is 30.8 Å². The van der Waals surface area contributed by atoms with Gasteiger partial charge in [0.25, 0.3) is 0 Å². The van der Waals surface area contributed by atoms with Crippen molar-refractivity contribution in [1.29, 1.82) is 0 Å². The van der Waals surface area contributed by atoms with E-state index < -0.39 is 5.60 Å². The Labute approximate surface area is 107 Å². The number of rotatable bonds is 0. The van der Waals surface area contributed by atoms with E-state index in [0.29, 0.717) is 5.02 Å². The number of halogens is 1. The van der Waals surface area contributed by atoms with Gasteiger partial charge in [0.15, 0.2) is 0 Å². The Morgan fingerprint density at radius 1 is 1.24 bits per heavy atom. The minimum absolute atomic E-state index is 0.706. The summed E-state index contributed by atoms with van der Waals surface area (Å²) in [5.41, 5.74) is 0.0909. The summed E-state index contributed by atoms with van der Waals surface area (Å²) in [6.07, 6.45) is 1.50. The van der Waals surface area contributed by atoms with Crippen molar-refractivity contribution in [3.05, 3.63) is 34.9 Å². The van der Waals surface area contributed by atoms with E-state index in [4.69, 9.17) is 11.6 Å². The van der Waals surface area contributed by atoms with E-state index in [2.05, 4.69) is 18.9 Å². The van der Waals surface area contributed by atoms with Crippen LogP contribution >= 0.6 is 11.6 Å². The zero-order chi connectivity index (χ0) is 12.3. The first-order chi connectivity index (χ1) is 8.07. The van der Waals surface area contributed by atoms with E-state index in [-0.39, 0.29) is 0 Å². The zero-order valence-electron chi connectivity index (χ0n) is 9.96. The summed E-state index contributed by atoms with van der Waals surface area (Å²) in [7, 11) is 2.15. The minimum Gasteiger partial charge on any atom is -0.377 e. The molecule has 3 heteroatoms. The van der Waals surface area contributed by atoms with Gasteiger partial charge in [-0.25, -0.2) is 0 Å². The van der Waals surface area contributed by atoms with Crippen molar-refractivity contribution in [2.45, 2.75) is 18.4 Å². The highest BCUT2D eigenvalue weighted by Gasteiger charge is 2.31. The molecule has 0 aliphatic carbocycles. The summed E-state index contributed by atoms with van der Waals surface area (Å²) >= 11 is 5.80. The molecule has 0 radical (unpaired) electrons. The first-order valence-electron chi connectivity index (χ1n) is 5.90. The summed E-state index contributed by atoms with van der Waals surface area (Å²) < 4.78 is 0. The lowest BCUT2D eigenvalue weighted by Gasteiger charge is -2.30. The average Bonchev–Trinajstić information content (AvgIpc) is 2.33. The van der Waals surface area contributed by atoms with Crippen molar-refractivity contribution >= 4 is 11.6 Å². The molecule has 0 aromatic heterocycles. The van der Waals surface area contributed by atoms with Crippen molar-refractivity contribution < 1.29 is 10.0 Å². The third kappa shape index (κ3) is 3.47. The average molecular weight is 251 g/mol. The molecule has 0 amide bonds. The van der Waals surface area contributed by atoms with E-state index in [9.17, 15) is 5.11 Å². The smallest absolute Gasteiger partial charge is 0.136 e. The number of hydrogen-bond donors (Lipinski definition) is 2. The molecule has 0 atom stereocenters. The summed E-state index contributed by atoms with van der Waals surface area (Å²) in [5.74, 6) is 6.03. The van der Waals surface area contributed by atoms with Crippen LogP contribution in [0.25, 0.3) is 0 Å². The number of aliphatic hydroxyl groups is 1. The van der Waals surface area contributed by atoms with E-state index in [1.54, 1.807) is 0 Å². The molecular formula is C14H17ClNO+. The highest BCUT2D eigenvalue weighted by atomic mass is 35.5. The summed E-state index contributed by atoms with van der Waals surface area (Å²) in [6.45, 7) is 1.96. The molecular weight excluding hydrogens is 234 g/mol. The van der Waals surface area contributed by atoms with Gasteiger partial charge in [-0.1, -0.05) is 23.4 Å². The van der Waals surface area contributed by atoms with Gasteiger partial charge < -0.3 is 10.0 Å². The molecule has 17 heavy (non-hydrogen) atoms. The predicted molar refractivity (Wildman–Crippen MR) is 69.1 cm³/mol. The fourth-order valence-corrected chi connectivity index (χ4v) is 2.06. The molecule has 1 aromatic rings. The second-order valence-electron chi connectivity index (χ2n) is 4.75. The second kappa shape index (κ2) is 5.10. The van der Waals surface area contributed by atoms with Gasteiger partial charge in [-0.2, -0.15) is 0 Å². The molecule has 0 saturated carbocycles. The van der Waals surface area contributed by atoms with Gasteiger partial charge >= 0.3 is 0 Å². The molecule has 2 N–H and O–H groups in total. The number of piperidine rings is 1. The fourth-order valence-electron chi connectivity index (χ4n) is 1.94. The maximum absolute atomic E-state index is 10.3. The van der Waals surface area contributed by atoms with Gasteiger partial charge in [0.05, 0.1) is 20.1 Å². The van der Waals surface area contributed by atoms with Gasteiger partial charge in [-0.15, -0.1) is 0 Å². The van der Waals surface area contributed by atoms with Crippen LogP contribution < -0.4 is 4.90 Å². The van der Waals surface area contributed by atoms with Crippen LogP contribution in [0.5, 0.6) is 0 Å². The lowest BCUT2D eigenvalue weighted by Crippen LogP contribution is -3.10. The van der Waals surface area contributed by atoms with E-state index >= 15 is 0 Å². The van der Waals surface area contributed by atoms with Crippen LogP contribution in [0.3, 0.4) is 0 Å². The predicted octanol–water partition coefficient (Wildman–Crippen LogP) is 0.731. The van der Waals surface area contributed by atoms with Crippen LogP contribution in [0, 0.1) is 11.8 Å². The Kier molecular flexibility index (Phi) is 3.73. The topological polar surface area (TPSA) is 24.7 Å². The molecule has 1 heterocycles. The third-order valence-corrected chi connectivity index (χ3v) is 3.47. The van der Waals surface area contributed by atoms with Gasteiger partial charge in [-0.05, 0) is 24.3 Å². The quantitative estimate of drug-likeness (QED) is 0.652. The highest BCUT2D eigenvalue weighted by molar-refractivity contribution is 6.30. The molecule has 2 nitrogen and oxygen atoms in total. The summed E-state index contributed by atoms with van der Waals surface area (Å²) in [4.78, 5) is 1.46. The molecule has 0 bridgehead atoms. The molecule has 90 valence electrons. The monoisotopic (exact) mass is 250 g/mol. The summed E-state index contributed by atoms with van der Waals surface area (Å²) in [6, 6.07) is 7.38. The van der Waals surface area contributed by atoms with E-state index in [0.717, 1.165) is 31.5 Å². The van der Waals surface area contributed by atoms with E-state index in [1.165, 1.54) is 4.90 Å². The Balaban J connectivity index is 2.08. The molecule has 1 aliphatic heterocycles. The maximum Gasteiger partial charge on any atom is 0.136 e. The number of nitrogens with one attached hydrogen (secondary N) is 1. The van der Waals surface area contributed by atoms with Gasteiger partial charge in [0.2, 0.25) is 0 Å². The largest absolute Gasteiger partial charge is 0.377 e. The minimum atomic E-state index is -0.806. The van der Waals surface area contributed by atoms with Gasteiger partial charge in [0.1, 0.15) is 5.60 Å². The first-order valence-corrected chi connectivity index (χ1v) is 6.28. The Morgan fingerprint density at radius 3 is 2.41 bits per heavy atom. The Bertz CT molecular complexity index is 436. The van der Waals surface area contributed by atoms with E-state index in [1.807, 2.05) is 24.3 Å². The third-order valence-electron chi connectivity index (χ3n) is 3.21. The van der Waals surface area contributed by atoms with Crippen molar-refractivity contribution in [1.82, 2.24) is 0 Å². The molecule has 0 unspecified atom stereocenters. The van der Waals surface area contributed by atoms with Crippen LogP contribution in [0.15, 0.2) is 24.3 Å². The van der Waals surface area contributed by atoms with Gasteiger partial charge in [0, 0.05) is 23.4 Å². The Hall–Kier alpha value is -1.01. The number of quaternary nitrogens is 1. The maximum atomic E-state index is 10.3. The SMILES string of the molecule is C[NH+]1CCC(O)(C#Cc2ccc(Cl)cc2)CC1.